The van der Waals surface area contributed by atoms with Crippen LogP contribution in [0.15, 0.2) is 85.2 Å². The van der Waals surface area contributed by atoms with Crippen LogP contribution in [0.25, 0.3) is 0 Å². The standard InChI is InChI=1S/C25H29N3O2/c29-23(20-30-24-12-7-13-26-18-24)19-27-14-16-28(17-15-27)25(21-8-3-1-4-9-21)22-10-5-2-6-11-22/h1-13,18,23,25,29H,14-17,19-20H2. The van der Waals surface area contributed by atoms with E-state index in [1.165, 1.54) is 11.1 Å². The van der Waals surface area contributed by atoms with E-state index in [1.54, 1.807) is 12.4 Å². The van der Waals surface area contributed by atoms with Gasteiger partial charge in [0, 0.05) is 38.9 Å². The zero-order chi connectivity index (χ0) is 20.6. The average molecular weight is 404 g/mol. The Balaban J connectivity index is 1.33. The number of piperazine rings is 1. The second kappa shape index (κ2) is 10.3. The number of ether oxygens (including phenoxy) is 1. The van der Waals surface area contributed by atoms with Crippen molar-refractivity contribution >= 4 is 0 Å². The van der Waals surface area contributed by atoms with Gasteiger partial charge in [-0.2, -0.15) is 0 Å². The van der Waals surface area contributed by atoms with Crippen molar-refractivity contribution in [3.8, 4) is 5.75 Å². The molecule has 0 saturated carbocycles. The van der Waals surface area contributed by atoms with Crippen LogP contribution in [-0.4, -0.2) is 65.3 Å². The highest BCUT2D eigenvalue weighted by Gasteiger charge is 2.27. The Morgan fingerprint density at radius 3 is 2.03 bits per heavy atom. The van der Waals surface area contributed by atoms with E-state index in [9.17, 15) is 5.11 Å². The molecule has 1 fully saturated rings. The molecule has 1 atom stereocenters. The molecule has 5 nitrogen and oxygen atoms in total. The van der Waals surface area contributed by atoms with Crippen molar-refractivity contribution in [2.45, 2.75) is 12.1 Å². The third-order valence-corrected chi connectivity index (χ3v) is 5.55. The quantitative estimate of drug-likeness (QED) is 0.626. The Bertz CT molecular complexity index is 829. The number of aliphatic hydroxyl groups is 1. The lowest BCUT2D eigenvalue weighted by atomic mass is 9.96. The SMILES string of the molecule is OC(COc1cccnc1)CN1CCN(C(c2ccccc2)c2ccccc2)CC1. The molecule has 2 aromatic carbocycles. The van der Waals surface area contributed by atoms with Gasteiger partial charge in [0.05, 0.1) is 12.2 Å². The second-order valence-electron chi connectivity index (χ2n) is 7.71. The Kier molecular flexibility index (Phi) is 7.08. The molecule has 0 radical (unpaired) electrons. The fraction of sp³-hybridized carbons (Fsp3) is 0.320. The van der Waals surface area contributed by atoms with Gasteiger partial charge in [0.15, 0.2) is 0 Å². The largest absolute Gasteiger partial charge is 0.489 e. The fourth-order valence-corrected chi connectivity index (χ4v) is 4.06. The van der Waals surface area contributed by atoms with Crippen molar-refractivity contribution < 1.29 is 9.84 Å². The van der Waals surface area contributed by atoms with E-state index in [1.807, 2.05) is 12.1 Å². The highest BCUT2D eigenvalue weighted by molar-refractivity contribution is 5.32. The lowest BCUT2D eigenvalue weighted by Crippen LogP contribution is -2.50. The van der Waals surface area contributed by atoms with Gasteiger partial charge in [-0.05, 0) is 23.3 Å². The molecule has 1 unspecified atom stereocenters. The fourth-order valence-electron chi connectivity index (χ4n) is 4.06. The number of aromatic nitrogens is 1. The molecule has 1 saturated heterocycles. The zero-order valence-corrected chi connectivity index (χ0v) is 17.2. The topological polar surface area (TPSA) is 48.8 Å². The van der Waals surface area contributed by atoms with Crippen LogP contribution in [0.2, 0.25) is 0 Å². The molecular weight excluding hydrogens is 374 g/mol. The molecule has 156 valence electrons. The second-order valence-corrected chi connectivity index (χ2v) is 7.71. The minimum Gasteiger partial charge on any atom is -0.489 e. The van der Waals surface area contributed by atoms with Crippen LogP contribution in [0.4, 0.5) is 0 Å². The minimum absolute atomic E-state index is 0.258. The highest BCUT2D eigenvalue weighted by Crippen LogP contribution is 2.29. The van der Waals surface area contributed by atoms with Gasteiger partial charge in [-0.1, -0.05) is 60.7 Å². The molecule has 4 rings (SSSR count). The smallest absolute Gasteiger partial charge is 0.137 e. The molecule has 1 aliphatic rings. The van der Waals surface area contributed by atoms with Crippen molar-refractivity contribution in [2.24, 2.45) is 0 Å². The van der Waals surface area contributed by atoms with Crippen molar-refractivity contribution in [2.75, 3.05) is 39.3 Å². The maximum absolute atomic E-state index is 10.4. The van der Waals surface area contributed by atoms with E-state index in [4.69, 9.17) is 4.74 Å². The van der Waals surface area contributed by atoms with Crippen molar-refractivity contribution in [1.82, 2.24) is 14.8 Å². The minimum atomic E-state index is -0.518. The molecule has 2 heterocycles. The first-order valence-corrected chi connectivity index (χ1v) is 10.6. The van der Waals surface area contributed by atoms with Gasteiger partial charge in [-0.3, -0.25) is 14.8 Å². The van der Waals surface area contributed by atoms with Crippen LogP contribution in [0.5, 0.6) is 5.75 Å². The number of nitrogens with zero attached hydrogens (tertiary/aromatic N) is 3. The summed E-state index contributed by atoms with van der Waals surface area (Å²) in [6.45, 7) is 4.69. The number of pyridine rings is 1. The first-order valence-electron chi connectivity index (χ1n) is 10.6. The maximum Gasteiger partial charge on any atom is 0.137 e. The summed E-state index contributed by atoms with van der Waals surface area (Å²) < 4.78 is 5.63. The van der Waals surface area contributed by atoms with Gasteiger partial charge in [-0.15, -0.1) is 0 Å². The lowest BCUT2D eigenvalue weighted by molar-refractivity contribution is 0.0400. The summed E-state index contributed by atoms with van der Waals surface area (Å²) >= 11 is 0. The van der Waals surface area contributed by atoms with Gasteiger partial charge in [0.2, 0.25) is 0 Å². The zero-order valence-electron chi connectivity index (χ0n) is 17.2. The molecule has 0 bridgehead atoms. The summed E-state index contributed by atoms with van der Waals surface area (Å²) in [6, 6.07) is 25.4. The monoisotopic (exact) mass is 403 g/mol. The molecule has 1 aliphatic heterocycles. The van der Waals surface area contributed by atoms with Crippen LogP contribution < -0.4 is 4.74 Å². The number of hydrogen-bond donors (Lipinski definition) is 1. The number of benzene rings is 2. The number of aliphatic hydroxyl groups excluding tert-OH is 1. The molecule has 1 aromatic heterocycles. The molecule has 0 amide bonds. The van der Waals surface area contributed by atoms with Crippen LogP contribution in [0, 0.1) is 0 Å². The van der Waals surface area contributed by atoms with Crippen LogP contribution in [0.1, 0.15) is 17.2 Å². The van der Waals surface area contributed by atoms with E-state index >= 15 is 0 Å². The predicted octanol–water partition coefficient (Wildman–Crippen LogP) is 3.23. The van der Waals surface area contributed by atoms with E-state index in [-0.39, 0.29) is 12.6 Å². The lowest BCUT2D eigenvalue weighted by Gasteiger charge is -2.40. The summed E-state index contributed by atoms with van der Waals surface area (Å²) in [7, 11) is 0. The number of β-amino-alcohol motifs (C(OH)–C–C–N with tert-alkyl or cyclic N) is 1. The van der Waals surface area contributed by atoms with Gasteiger partial charge >= 0.3 is 0 Å². The van der Waals surface area contributed by atoms with Gasteiger partial charge in [0.1, 0.15) is 18.5 Å². The van der Waals surface area contributed by atoms with Crippen molar-refractivity contribution in [3.63, 3.8) is 0 Å². The van der Waals surface area contributed by atoms with Crippen LogP contribution in [-0.2, 0) is 0 Å². The molecule has 0 spiro atoms. The van der Waals surface area contributed by atoms with Crippen molar-refractivity contribution in [1.29, 1.82) is 0 Å². The molecule has 5 heteroatoms. The average Bonchev–Trinajstić information content (AvgIpc) is 2.81. The van der Waals surface area contributed by atoms with Gasteiger partial charge in [-0.25, -0.2) is 0 Å². The molecule has 1 N–H and O–H groups in total. The van der Waals surface area contributed by atoms with E-state index in [2.05, 4.69) is 75.4 Å². The summed E-state index contributed by atoms with van der Waals surface area (Å²) in [5.41, 5.74) is 2.64. The molecule has 3 aromatic rings. The summed E-state index contributed by atoms with van der Waals surface area (Å²) in [5, 5.41) is 10.4. The first-order chi connectivity index (χ1) is 14.8. The third-order valence-electron chi connectivity index (χ3n) is 5.55. The van der Waals surface area contributed by atoms with E-state index in [0.717, 1.165) is 26.2 Å². The number of hydrogen-bond acceptors (Lipinski definition) is 5. The molecule has 0 aliphatic carbocycles. The molecular formula is C25H29N3O2. The Labute approximate surface area is 178 Å². The summed E-state index contributed by atoms with van der Waals surface area (Å²) in [5.74, 6) is 0.690. The Hall–Kier alpha value is -2.73. The van der Waals surface area contributed by atoms with E-state index < -0.39 is 6.10 Å². The normalized spacial score (nSPS) is 16.5. The third kappa shape index (κ3) is 5.45. The highest BCUT2D eigenvalue weighted by atomic mass is 16.5. The molecule has 30 heavy (non-hydrogen) atoms. The van der Waals surface area contributed by atoms with Crippen LogP contribution in [0.3, 0.4) is 0 Å². The summed E-state index contributed by atoms with van der Waals surface area (Å²) in [4.78, 5) is 8.89. The number of rotatable bonds is 8. The summed E-state index contributed by atoms with van der Waals surface area (Å²) in [6.07, 6.45) is 2.86. The van der Waals surface area contributed by atoms with Gasteiger partial charge in [0.25, 0.3) is 0 Å². The Morgan fingerprint density at radius 2 is 1.47 bits per heavy atom. The van der Waals surface area contributed by atoms with Crippen LogP contribution >= 0.6 is 0 Å². The first kappa shape index (κ1) is 20.5. The van der Waals surface area contributed by atoms with Crippen molar-refractivity contribution in [3.05, 3.63) is 96.3 Å². The predicted molar refractivity (Wildman–Crippen MR) is 118 cm³/mol. The Morgan fingerprint density at radius 1 is 0.833 bits per heavy atom. The van der Waals surface area contributed by atoms with E-state index in [0.29, 0.717) is 12.3 Å². The maximum atomic E-state index is 10.4. The van der Waals surface area contributed by atoms with Gasteiger partial charge < -0.3 is 9.84 Å².